The molecule has 0 amide bonds. The summed E-state index contributed by atoms with van der Waals surface area (Å²) in [5.41, 5.74) is 0. The van der Waals surface area contributed by atoms with Crippen molar-refractivity contribution in [3.63, 3.8) is 0 Å². The lowest BCUT2D eigenvalue weighted by Crippen LogP contribution is -2.64. The molecule has 1 aromatic rings. The molecule has 0 spiro atoms. The summed E-state index contributed by atoms with van der Waals surface area (Å²) in [6, 6.07) is 10.6. The van der Waals surface area contributed by atoms with Crippen molar-refractivity contribution in [1.29, 1.82) is 0 Å². The summed E-state index contributed by atoms with van der Waals surface area (Å²) in [4.78, 5) is 3.53. The molecule has 0 bridgehead atoms. The molecule has 0 radical (unpaired) electrons. The maximum absolute atomic E-state index is 3.53. The molecule has 0 aliphatic heterocycles. The van der Waals surface area contributed by atoms with Crippen molar-refractivity contribution in [2.24, 2.45) is 0 Å². The first kappa shape index (κ1) is 11.4. The van der Waals surface area contributed by atoms with E-state index in [9.17, 15) is 0 Å². The Hall–Kier alpha value is -0.683. The van der Waals surface area contributed by atoms with Crippen LogP contribution in [0.2, 0.25) is 0 Å². The molecule has 0 aromatic heterocycles. The van der Waals surface area contributed by atoms with Gasteiger partial charge in [-0.2, -0.15) is 0 Å². The van der Waals surface area contributed by atoms with Gasteiger partial charge in [0.15, 0.2) is 0 Å². The molecule has 0 aliphatic rings. The van der Waals surface area contributed by atoms with Crippen LogP contribution in [0, 0.1) is 0 Å². The van der Waals surface area contributed by atoms with Crippen LogP contribution in [0.3, 0.4) is 0 Å². The van der Waals surface area contributed by atoms with Crippen LogP contribution in [0.15, 0.2) is 30.3 Å². The monoisotopic (exact) mass is 209 g/mol. The average Bonchev–Trinajstić information content (AvgIpc) is 2.27. The number of hydrogen-bond donors (Lipinski definition) is 3. The molecule has 0 saturated carbocycles. The molecule has 1 rings (SSSR count). The van der Waals surface area contributed by atoms with E-state index in [1.807, 2.05) is 20.2 Å². The smallest absolute Gasteiger partial charge is 0.127 e. The molecule has 4 heteroatoms. The third kappa shape index (κ3) is 3.23. The first-order chi connectivity index (χ1) is 6.70. The maximum atomic E-state index is 3.53. The number of benzene rings is 1. The van der Waals surface area contributed by atoms with Crippen LogP contribution in [0.5, 0.6) is 0 Å². The van der Waals surface area contributed by atoms with Crippen molar-refractivity contribution in [2.45, 2.75) is 12.7 Å². The lowest BCUT2D eigenvalue weighted by atomic mass is 10.4. The number of rotatable bonds is 5. The molecule has 0 saturated heterocycles. The highest BCUT2D eigenvalue weighted by Crippen LogP contribution is 1.88. The van der Waals surface area contributed by atoms with Crippen molar-refractivity contribution in [2.75, 3.05) is 14.1 Å². The van der Waals surface area contributed by atoms with E-state index in [0.717, 1.165) is 0 Å². The molecular formula is C10H19N3Si. The van der Waals surface area contributed by atoms with Gasteiger partial charge in [0, 0.05) is 0 Å². The lowest BCUT2D eigenvalue weighted by molar-refractivity contribution is 0.308. The van der Waals surface area contributed by atoms with Gasteiger partial charge in [-0.3, -0.25) is 10.6 Å². The van der Waals surface area contributed by atoms with Crippen molar-refractivity contribution in [3.05, 3.63) is 30.3 Å². The second-order valence-electron chi connectivity index (χ2n) is 3.46. The van der Waals surface area contributed by atoms with Gasteiger partial charge in [-0.25, -0.2) is 0 Å². The Labute approximate surface area is 88.2 Å². The zero-order chi connectivity index (χ0) is 10.4. The van der Waals surface area contributed by atoms with Gasteiger partial charge in [0.1, 0.15) is 15.5 Å². The van der Waals surface area contributed by atoms with Gasteiger partial charge in [0.2, 0.25) is 0 Å². The van der Waals surface area contributed by atoms with Crippen LogP contribution in [-0.4, -0.2) is 29.6 Å². The average molecular weight is 209 g/mol. The Balaban J connectivity index is 2.48. The molecule has 3 nitrogen and oxygen atoms in total. The molecule has 78 valence electrons. The normalized spacial score (nSPS) is 12.5. The van der Waals surface area contributed by atoms with E-state index in [0.29, 0.717) is 0 Å². The molecule has 0 fully saturated rings. The van der Waals surface area contributed by atoms with E-state index >= 15 is 0 Å². The van der Waals surface area contributed by atoms with E-state index in [4.69, 9.17) is 0 Å². The quantitative estimate of drug-likeness (QED) is 0.434. The van der Waals surface area contributed by atoms with Gasteiger partial charge < -0.3 is 4.98 Å². The minimum atomic E-state index is -0.413. The Morgan fingerprint density at radius 2 is 1.64 bits per heavy atom. The summed E-state index contributed by atoms with van der Waals surface area (Å²) in [6.45, 7) is 2.10. The first-order valence-electron chi connectivity index (χ1n) is 4.87. The van der Waals surface area contributed by atoms with E-state index < -0.39 is 9.68 Å². The van der Waals surface area contributed by atoms with Crippen LogP contribution >= 0.6 is 0 Å². The SMILES string of the molecule is CNC(C)(NC)N[SiH2]c1ccccc1. The highest BCUT2D eigenvalue weighted by atomic mass is 28.2. The molecule has 0 atom stereocenters. The van der Waals surface area contributed by atoms with E-state index in [-0.39, 0.29) is 5.79 Å². The fourth-order valence-electron chi connectivity index (χ4n) is 1.18. The molecular weight excluding hydrogens is 190 g/mol. The van der Waals surface area contributed by atoms with E-state index in [2.05, 4.69) is 46.8 Å². The summed E-state index contributed by atoms with van der Waals surface area (Å²) >= 11 is 0. The zero-order valence-electron chi connectivity index (χ0n) is 9.09. The number of nitrogens with one attached hydrogen (secondary N) is 3. The standard InChI is InChI=1S/C10H19N3Si/c1-10(11-2,12-3)13-14-9-7-5-4-6-8-9/h4-8,11-13H,14H2,1-3H3. The molecule has 1 aromatic carbocycles. The van der Waals surface area contributed by atoms with Gasteiger partial charge in [-0.05, 0) is 21.0 Å². The highest BCUT2D eigenvalue weighted by molar-refractivity contribution is 6.50. The van der Waals surface area contributed by atoms with Crippen LogP contribution in [0.25, 0.3) is 0 Å². The van der Waals surface area contributed by atoms with E-state index in [1.165, 1.54) is 5.19 Å². The number of hydrogen-bond acceptors (Lipinski definition) is 3. The second kappa shape index (κ2) is 5.26. The molecule has 14 heavy (non-hydrogen) atoms. The van der Waals surface area contributed by atoms with Crippen LogP contribution in [-0.2, 0) is 0 Å². The molecule has 0 unspecified atom stereocenters. The van der Waals surface area contributed by atoms with Crippen molar-refractivity contribution in [3.8, 4) is 0 Å². The summed E-state index contributed by atoms with van der Waals surface area (Å²) in [6.07, 6.45) is 0. The largest absolute Gasteiger partial charge is 0.310 e. The van der Waals surface area contributed by atoms with Crippen LogP contribution in [0.1, 0.15) is 6.92 Å². The molecule has 0 heterocycles. The topological polar surface area (TPSA) is 36.1 Å². The van der Waals surface area contributed by atoms with Crippen LogP contribution < -0.4 is 20.8 Å². The third-order valence-corrected chi connectivity index (χ3v) is 4.25. The fourth-order valence-corrected chi connectivity index (χ4v) is 2.60. The Bertz CT molecular complexity index is 259. The van der Waals surface area contributed by atoms with Gasteiger partial charge in [-0.1, -0.05) is 35.5 Å². The van der Waals surface area contributed by atoms with Crippen molar-refractivity contribution in [1.82, 2.24) is 15.6 Å². The van der Waals surface area contributed by atoms with Crippen LogP contribution in [0.4, 0.5) is 0 Å². The minimum Gasteiger partial charge on any atom is -0.310 e. The van der Waals surface area contributed by atoms with Gasteiger partial charge in [0.05, 0.1) is 0 Å². The minimum absolute atomic E-state index is 0.151. The predicted molar refractivity (Wildman–Crippen MR) is 64.3 cm³/mol. The summed E-state index contributed by atoms with van der Waals surface area (Å²) < 4.78 is 0. The third-order valence-electron chi connectivity index (χ3n) is 2.49. The van der Waals surface area contributed by atoms with Crippen molar-refractivity contribution < 1.29 is 0 Å². The Kier molecular flexibility index (Phi) is 4.28. The second-order valence-corrected chi connectivity index (χ2v) is 4.99. The molecule has 3 N–H and O–H groups in total. The summed E-state index contributed by atoms with van der Waals surface area (Å²) in [5.74, 6) is -0.151. The van der Waals surface area contributed by atoms with E-state index in [1.54, 1.807) is 0 Å². The highest BCUT2D eigenvalue weighted by Gasteiger charge is 2.16. The zero-order valence-corrected chi connectivity index (χ0v) is 10.5. The summed E-state index contributed by atoms with van der Waals surface area (Å²) in [7, 11) is 3.48. The predicted octanol–water partition coefficient (Wildman–Crippen LogP) is -0.902. The van der Waals surface area contributed by atoms with Crippen molar-refractivity contribution >= 4 is 14.9 Å². The lowest BCUT2D eigenvalue weighted by Gasteiger charge is -2.30. The fraction of sp³-hybridized carbons (Fsp3) is 0.400. The maximum Gasteiger partial charge on any atom is 0.127 e. The Morgan fingerprint density at radius 1 is 1.07 bits per heavy atom. The summed E-state index contributed by atoms with van der Waals surface area (Å²) in [5, 5.41) is 7.84. The van der Waals surface area contributed by atoms with Gasteiger partial charge in [-0.15, -0.1) is 0 Å². The Morgan fingerprint density at radius 3 is 2.14 bits per heavy atom. The first-order valence-corrected chi connectivity index (χ1v) is 6.28. The van der Waals surface area contributed by atoms with Gasteiger partial charge >= 0.3 is 0 Å². The van der Waals surface area contributed by atoms with Gasteiger partial charge in [0.25, 0.3) is 0 Å². The molecule has 0 aliphatic carbocycles.